The van der Waals surface area contributed by atoms with Crippen molar-refractivity contribution in [3.63, 3.8) is 0 Å². The van der Waals surface area contributed by atoms with Gasteiger partial charge in [-0.3, -0.25) is 9.59 Å². The molecule has 1 heterocycles. The molecule has 0 spiro atoms. The van der Waals surface area contributed by atoms with Gasteiger partial charge in [0.25, 0.3) is 5.56 Å². The zero-order valence-electron chi connectivity index (χ0n) is 11.9. The summed E-state index contributed by atoms with van der Waals surface area (Å²) in [4.78, 5) is 26.2. The van der Waals surface area contributed by atoms with E-state index in [2.05, 4.69) is 10.3 Å². The first kappa shape index (κ1) is 14.3. The van der Waals surface area contributed by atoms with E-state index in [0.29, 0.717) is 23.4 Å². The number of fused-ring (bicyclic) bond motifs is 1. The molecule has 106 valence electrons. The number of nitrogens with one attached hydrogen (secondary N) is 2. The molecule has 0 aliphatic rings. The van der Waals surface area contributed by atoms with Crippen LogP contribution in [0, 0.1) is 13.8 Å². The van der Waals surface area contributed by atoms with Crippen LogP contribution < -0.4 is 10.9 Å². The van der Waals surface area contributed by atoms with E-state index < -0.39 is 0 Å². The van der Waals surface area contributed by atoms with Gasteiger partial charge in [-0.1, -0.05) is 6.07 Å². The summed E-state index contributed by atoms with van der Waals surface area (Å²) in [5.74, 6) is -0.211. The number of amides is 1. The van der Waals surface area contributed by atoms with Gasteiger partial charge in [-0.15, -0.1) is 0 Å². The molecule has 2 N–H and O–H groups in total. The standard InChI is InChI=1S/C15H18N2O3/c1-4-20-8-14(18)16-11-5-6-12-9(2)10(3)15(19)17-13(12)7-11/h5-7H,4,8H2,1-3H3,(H,16,18)(H,17,19). The van der Waals surface area contributed by atoms with Crippen LogP contribution in [0.3, 0.4) is 0 Å². The summed E-state index contributed by atoms with van der Waals surface area (Å²) in [7, 11) is 0. The van der Waals surface area contributed by atoms with Crippen LogP contribution >= 0.6 is 0 Å². The number of aryl methyl sites for hydroxylation is 1. The Labute approximate surface area is 117 Å². The number of pyridine rings is 1. The number of carbonyl (C=O) groups excluding carboxylic acids is 1. The molecular weight excluding hydrogens is 256 g/mol. The maximum atomic E-state index is 11.8. The van der Waals surface area contributed by atoms with E-state index in [0.717, 1.165) is 10.9 Å². The summed E-state index contributed by atoms with van der Waals surface area (Å²) in [5.41, 5.74) is 2.92. The van der Waals surface area contributed by atoms with Crippen molar-refractivity contribution in [2.75, 3.05) is 18.5 Å². The fourth-order valence-electron chi connectivity index (χ4n) is 2.03. The van der Waals surface area contributed by atoms with Crippen molar-refractivity contribution in [3.8, 4) is 0 Å². The summed E-state index contributed by atoms with van der Waals surface area (Å²) in [5, 5.41) is 3.71. The number of rotatable bonds is 4. The van der Waals surface area contributed by atoms with Crippen LogP contribution in [0.4, 0.5) is 5.69 Å². The third kappa shape index (κ3) is 2.88. The van der Waals surface area contributed by atoms with Crippen molar-refractivity contribution in [3.05, 3.63) is 39.7 Å². The predicted molar refractivity (Wildman–Crippen MR) is 79.2 cm³/mol. The van der Waals surface area contributed by atoms with Crippen molar-refractivity contribution in [2.45, 2.75) is 20.8 Å². The molecule has 2 rings (SSSR count). The monoisotopic (exact) mass is 274 g/mol. The molecule has 0 unspecified atom stereocenters. The number of H-pyrrole nitrogens is 1. The number of benzene rings is 1. The maximum absolute atomic E-state index is 11.8. The Morgan fingerprint density at radius 1 is 1.30 bits per heavy atom. The number of aromatic amines is 1. The zero-order valence-corrected chi connectivity index (χ0v) is 11.9. The number of hydrogen-bond donors (Lipinski definition) is 2. The van der Waals surface area contributed by atoms with Crippen molar-refractivity contribution >= 4 is 22.5 Å². The van der Waals surface area contributed by atoms with E-state index in [9.17, 15) is 9.59 Å². The lowest BCUT2D eigenvalue weighted by Crippen LogP contribution is -2.18. The van der Waals surface area contributed by atoms with Crippen LogP contribution in [0.2, 0.25) is 0 Å². The first-order chi connectivity index (χ1) is 9.52. The van der Waals surface area contributed by atoms with Crippen LogP contribution in [-0.4, -0.2) is 24.1 Å². The topological polar surface area (TPSA) is 71.2 Å². The third-order valence-corrected chi connectivity index (χ3v) is 3.30. The van der Waals surface area contributed by atoms with E-state index in [-0.39, 0.29) is 18.1 Å². The van der Waals surface area contributed by atoms with Crippen molar-refractivity contribution in [2.24, 2.45) is 0 Å². The van der Waals surface area contributed by atoms with Gasteiger partial charge in [0.1, 0.15) is 6.61 Å². The van der Waals surface area contributed by atoms with Crippen LogP contribution in [0.15, 0.2) is 23.0 Å². The van der Waals surface area contributed by atoms with Gasteiger partial charge in [-0.2, -0.15) is 0 Å². The summed E-state index contributed by atoms with van der Waals surface area (Å²) in [6.45, 7) is 6.07. The predicted octanol–water partition coefficient (Wildman–Crippen LogP) is 2.12. The SMILES string of the molecule is CCOCC(=O)Nc1ccc2c(C)c(C)c(=O)[nH]c2c1. The summed E-state index contributed by atoms with van der Waals surface area (Å²) >= 11 is 0. The normalized spacial score (nSPS) is 10.8. The molecule has 1 amide bonds. The molecule has 0 bridgehead atoms. The third-order valence-electron chi connectivity index (χ3n) is 3.30. The second-order valence-corrected chi connectivity index (χ2v) is 4.65. The average Bonchev–Trinajstić information content (AvgIpc) is 2.42. The molecule has 0 atom stereocenters. The van der Waals surface area contributed by atoms with E-state index in [1.807, 2.05) is 26.0 Å². The van der Waals surface area contributed by atoms with Crippen molar-refractivity contribution in [1.82, 2.24) is 4.98 Å². The Morgan fingerprint density at radius 2 is 2.05 bits per heavy atom. The van der Waals surface area contributed by atoms with Gasteiger partial charge >= 0.3 is 0 Å². The highest BCUT2D eigenvalue weighted by Gasteiger charge is 2.07. The first-order valence-electron chi connectivity index (χ1n) is 6.53. The van der Waals surface area contributed by atoms with E-state index >= 15 is 0 Å². The Hall–Kier alpha value is -2.14. The lowest BCUT2D eigenvalue weighted by molar-refractivity contribution is -0.120. The second-order valence-electron chi connectivity index (χ2n) is 4.65. The van der Waals surface area contributed by atoms with Gasteiger partial charge in [0.05, 0.1) is 5.52 Å². The van der Waals surface area contributed by atoms with Crippen LogP contribution in [-0.2, 0) is 9.53 Å². The van der Waals surface area contributed by atoms with Gasteiger partial charge in [0, 0.05) is 23.2 Å². The summed E-state index contributed by atoms with van der Waals surface area (Å²) < 4.78 is 5.04. The van der Waals surface area contributed by atoms with Gasteiger partial charge < -0.3 is 15.0 Å². The average molecular weight is 274 g/mol. The van der Waals surface area contributed by atoms with Gasteiger partial charge in [-0.05, 0) is 38.5 Å². The lowest BCUT2D eigenvalue weighted by Gasteiger charge is -2.09. The fourth-order valence-corrected chi connectivity index (χ4v) is 2.03. The van der Waals surface area contributed by atoms with Gasteiger partial charge in [0.2, 0.25) is 5.91 Å². The van der Waals surface area contributed by atoms with E-state index in [4.69, 9.17) is 4.74 Å². The zero-order chi connectivity index (χ0) is 14.7. The summed E-state index contributed by atoms with van der Waals surface area (Å²) in [6.07, 6.45) is 0. The quantitative estimate of drug-likeness (QED) is 0.897. The highest BCUT2D eigenvalue weighted by molar-refractivity contribution is 5.94. The van der Waals surface area contributed by atoms with Crippen molar-refractivity contribution in [1.29, 1.82) is 0 Å². The first-order valence-corrected chi connectivity index (χ1v) is 6.53. The number of ether oxygens (including phenoxy) is 1. The molecule has 20 heavy (non-hydrogen) atoms. The molecule has 0 fully saturated rings. The summed E-state index contributed by atoms with van der Waals surface area (Å²) in [6, 6.07) is 5.47. The minimum atomic E-state index is -0.211. The Bertz CT molecular complexity index is 704. The molecule has 1 aromatic heterocycles. The molecule has 2 aromatic rings. The number of anilines is 1. The molecule has 5 nitrogen and oxygen atoms in total. The Morgan fingerprint density at radius 3 is 2.75 bits per heavy atom. The number of carbonyl (C=O) groups is 1. The molecule has 5 heteroatoms. The smallest absolute Gasteiger partial charge is 0.251 e. The molecule has 0 saturated heterocycles. The van der Waals surface area contributed by atoms with Crippen LogP contribution in [0.25, 0.3) is 10.9 Å². The minimum Gasteiger partial charge on any atom is -0.372 e. The molecule has 0 aliphatic carbocycles. The largest absolute Gasteiger partial charge is 0.372 e. The molecule has 0 radical (unpaired) electrons. The highest BCUT2D eigenvalue weighted by Crippen LogP contribution is 2.20. The van der Waals surface area contributed by atoms with Gasteiger partial charge in [0.15, 0.2) is 0 Å². The molecule has 1 aromatic carbocycles. The van der Waals surface area contributed by atoms with E-state index in [1.54, 1.807) is 13.0 Å². The van der Waals surface area contributed by atoms with Crippen LogP contribution in [0.1, 0.15) is 18.1 Å². The van der Waals surface area contributed by atoms with Crippen LogP contribution in [0.5, 0.6) is 0 Å². The van der Waals surface area contributed by atoms with E-state index in [1.165, 1.54) is 0 Å². The number of aromatic nitrogens is 1. The lowest BCUT2D eigenvalue weighted by atomic mass is 10.1. The highest BCUT2D eigenvalue weighted by atomic mass is 16.5. The fraction of sp³-hybridized carbons (Fsp3) is 0.333. The Kier molecular flexibility index (Phi) is 4.20. The molecule has 0 aliphatic heterocycles. The second kappa shape index (κ2) is 5.88. The number of hydrogen-bond acceptors (Lipinski definition) is 3. The molecule has 0 saturated carbocycles. The molecular formula is C15H18N2O3. The maximum Gasteiger partial charge on any atom is 0.251 e. The van der Waals surface area contributed by atoms with Gasteiger partial charge in [-0.25, -0.2) is 0 Å². The Balaban J connectivity index is 2.32. The van der Waals surface area contributed by atoms with Crippen molar-refractivity contribution < 1.29 is 9.53 Å². The minimum absolute atomic E-state index is 0.0258.